The van der Waals surface area contributed by atoms with Crippen LogP contribution in [0.15, 0.2) is 58.4 Å². The highest BCUT2D eigenvalue weighted by Crippen LogP contribution is 2.31. The number of hydrogen-bond acceptors (Lipinski definition) is 8. The van der Waals surface area contributed by atoms with Gasteiger partial charge in [0.25, 0.3) is 5.56 Å². The number of benzene rings is 2. The summed E-state index contributed by atoms with van der Waals surface area (Å²) >= 11 is 6.19. The highest BCUT2D eigenvalue weighted by atomic mass is 35.5. The monoisotopic (exact) mass is 648 g/mol. The summed E-state index contributed by atoms with van der Waals surface area (Å²) in [4.78, 5) is 20.6. The highest BCUT2D eigenvalue weighted by molar-refractivity contribution is 7.89. The van der Waals surface area contributed by atoms with Gasteiger partial charge in [0.15, 0.2) is 5.52 Å². The van der Waals surface area contributed by atoms with Gasteiger partial charge in [0.1, 0.15) is 23.2 Å². The Morgan fingerprint density at radius 1 is 1.13 bits per heavy atom. The summed E-state index contributed by atoms with van der Waals surface area (Å²) in [6.07, 6.45) is 3.72. The average Bonchev–Trinajstić information content (AvgIpc) is 3.61. The highest BCUT2D eigenvalue weighted by Gasteiger charge is 2.24. The standard InChI is InChI=1S/C31H33ClN8O4S/c1-5-8-26-28-29(39(4)36-26)31(41)35-30(34-28)23-16-22(11-12-27(23)44-7-3)45(42,43)38-21(6-2)18-40-14-13-25(37-40)19-9-10-20(17-33)24(32)15-19/h9-16,21,38H,5-8,18H2,1-4H3,(H,34,35,41)/t21-/m0/s1. The molecule has 45 heavy (non-hydrogen) atoms. The van der Waals surface area contributed by atoms with Crippen LogP contribution in [0.4, 0.5) is 0 Å². The van der Waals surface area contributed by atoms with Crippen LogP contribution in [0.25, 0.3) is 33.7 Å². The van der Waals surface area contributed by atoms with Gasteiger partial charge in [-0.2, -0.15) is 15.5 Å². The second kappa shape index (κ2) is 13.2. The first kappa shape index (κ1) is 31.9. The molecule has 0 spiro atoms. The van der Waals surface area contributed by atoms with Gasteiger partial charge in [-0.15, -0.1) is 0 Å². The van der Waals surface area contributed by atoms with Crippen LogP contribution in [0.3, 0.4) is 0 Å². The molecule has 0 aliphatic carbocycles. The van der Waals surface area contributed by atoms with Crippen LogP contribution in [0, 0.1) is 11.3 Å². The van der Waals surface area contributed by atoms with Crippen LogP contribution in [0.2, 0.25) is 5.02 Å². The second-order valence-corrected chi connectivity index (χ2v) is 12.6. The van der Waals surface area contributed by atoms with Crippen molar-refractivity contribution < 1.29 is 13.2 Å². The predicted molar refractivity (Wildman–Crippen MR) is 172 cm³/mol. The molecule has 0 bridgehead atoms. The predicted octanol–water partition coefficient (Wildman–Crippen LogP) is 4.82. The molecule has 0 fully saturated rings. The lowest BCUT2D eigenvalue weighted by atomic mass is 10.1. The molecule has 0 aliphatic rings. The molecule has 0 amide bonds. The molecule has 1 atom stereocenters. The van der Waals surface area contributed by atoms with E-state index in [2.05, 4.69) is 19.9 Å². The number of sulfonamides is 1. The minimum atomic E-state index is -4.01. The molecule has 0 aliphatic heterocycles. The lowest BCUT2D eigenvalue weighted by molar-refractivity contribution is 0.341. The van der Waals surface area contributed by atoms with E-state index in [0.717, 1.165) is 12.0 Å². The number of halogens is 1. The maximum atomic E-state index is 13.7. The van der Waals surface area contributed by atoms with Crippen molar-refractivity contribution in [2.45, 2.75) is 57.5 Å². The Morgan fingerprint density at radius 3 is 2.62 bits per heavy atom. The molecule has 0 saturated heterocycles. The molecular weight excluding hydrogens is 616 g/mol. The summed E-state index contributed by atoms with van der Waals surface area (Å²) in [7, 11) is -2.31. The van der Waals surface area contributed by atoms with Crippen LogP contribution >= 0.6 is 11.6 Å². The van der Waals surface area contributed by atoms with Crippen LogP contribution < -0.4 is 15.0 Å². The fourth-order valence-corrected chi connectivity index (χ4v) is 6.63. The number of ether oxygens (including phenoxy) is 1. The number of nitriles is 1. The van der Waals surface area contributed by atoms with E-state index in [4.69, 9.17) is 26.6 Å². The number of fused-ring (bicyclic) bond motifs is 1. The SMILES string of the molecule is CCCc1nn(C)c2c(=O)[nH]c(-c3cc(S(=O)(=O)N[C@@H](CC)Cn4ccc(-c5ccc(C#N)c(Cl)c5)n4)ccc3OCC)nc12. The van der Waals surface area contributed by atoms with E-state index in [0.29, 0.717) is 63.8 Å². The Morgan fingerprint density at radius 2 is 1.93 bits per heavy atom. The number of aryl methyl sites for hydroxylation is 2. The van der Waals surface area contributed by atoms with Gasteiger partial charge in [0, 0.05) is 24.8 Å². The van der Waals surface area contributed by atoms with E-state index < -0.39 is 16.1 Å². The largest absolute Gasteiger partial charge is 0.493 e. The van der Waals surface area contributed by atoms with E-state index in [1.807, 2.05) is 26.8 Å². The van der Waals surface area contributed by atoms with Crippen molar-refractivity contribution in [3.63, 3.8) is 0 Å². The van der Waals surface area contributed by atoms with Crippen molar-refractivity contribution in [1.82, 2.24) is 34.3 Å². The van der Waals surface area contributed by atoms with Crippen molar-refractivity contribution >= 4 is 32.7 Å². The Bertz CT molecular complexity index is 2080. The zero-order chi connectivity index (χ0) is 32.3. The quantitative estimate of drug-likeness (QED) is 0.195. The van der Waals surface area contributed by atoms with Crippen molar-refractivity contribution in [1.29, 1.82) is 5.26 Å². The molecule has 5 aromatic rings. The minimum absolute atomic E-state index is 0.00417. The molecule has 234 valence electrons. The number of aromatic amines is 1. The van der Waals surface area contributed by atoms with Gasteiger partial charge in [-0.3, -0.25) is 14.2 Å². The molecule has 2 aromatic carbocycles. The van der Waals surface area contributed by atoms with Gasteiger partial charge < -0.3 is 9.72 Å². The lowest BCUT2D eigenvalue weighted by Crippen LogP contribution is -2.37. The molecule has 3 heterocycles. The number of aromatic nitrogens is 6. The lowest BCUT2D eigenvalue weighted by Gasteiger charge is -2.18. The Hall–Kier alpha value is -4.51. The van der Waals surface area contributed by atoms with Crippen molar-refractivity contribution in [3.05, 3.63) is 75.3 Å². The molecular formula is C31H33ClN8O4S. The van der Waals surface area contributed by atoms with Crippen molar-refractivity contribution in [3.8, 4) is 34.5 Å². The van der Waals surface area contributed by atoms with Gasteiger partial charge in [-0.05, 0) is 56.2 Å². The van der Waals surface area contributed by atoms with Crippen LogP contribution in [-0.2, 0) is 30.0 Å². The number of rotatable bonds is 12. The van der Waals surface area contributed by atoms with E-state index >= 15 is 0 Å². The molecule has 14 heteroatoms. The summed E-state index contributed by atoms with van der Waals surface area (Å²) in [5.41, 5.74) is 3.24. The Kier molecular flexibility index (Phi) is 9.38. The first-order valence-corrected chi connectivity index (χ1v) is 16.4. The van der Waals surface area contributed by atoms with Crippen molar-refractivity contribution in [2.75, 3.05) is 6.61 Å². The third-order valence-corrected chi connectivity index (χ3v) is 9.14. The first-order valence-electron chi connectivity index (χ1n) is 14.6. The zero-order valence-electron chi connectivity index (χ0n) is 25.3. The molecule has 2 N–H and O–H groups in total. The molecule has 0 saturated carbocycles. The summed E-state index contributed by atoms with van der Waals surface area (Å²) in [6, 6.07) is 12.9. The molecule has 0 radical (unpaired) electrons. The van der Waals surface area contributed by atoms with E-state index in [9.17, 15) is 13.2 Å². The maximum absolute atomic E-state index is 13.7. The van der Waals surface area contributed by atoms with Gasteiger partial charge in [-0.25, -0.2) is 18.1 Å². The number of nitrogens with zero attached hydrogens (tertiary/aromatic N) is 6. The van der Waals surface area contributed by atoms with Gasteiger partial charge in [-0.1, -0.05) is 37.9 Å². The third kappa shape index (κ3) is 6.63. The summed E-state index contributed by atoms with van der Waals surface area (Å²) in [5, 5.41) is 18.5. The van der Waals surface area contributed by atoms with Gasteiger partial charge >= 0.3 is 0 Å². The topological polar surface area (TPSA) is 161 Å². The normalized spacial score (nSPS) is 12.4. The van der Waals surface area contributed by atoms with Gasteiger partial charge in [0.2, 0.25) is 10.0 Å². The fraction of sp³-hybridized carbons (Fsp3) is 0.323. The zero-order valence-corrected chi connectivity index (χ0v) is 26.9. The molecule has 12 nitrogen and oxygen atoms in total. The number of H-pyrrole nitrogens is 1. The first-order chi connectivity index (χ1) is 21.6. The van der Waals surface area contributed by atoms with E-state index in [-0.39, 0.29) is 22.8 Å². The fourth-order valence-electron chi connectivity index (χ4n) is 5.07. The molecule has 0 unspecified atom stereocenters. The number of nitrogens with one attached hydrogen (secondary N) is 2. The van der Waals surface area contributed by atoms with Gasteiger partial charge in [0.05, 0.1) is 45.6 Å². The summed E-state index contributed by atoms with van der Waals surface area (Å²) in [5.74, 6) is 0.580. The summed E-state index contributed by atoms with van der Waals surface area (Å²) < 4.78 is 39.1. The Labute approximate surface area is 265 Å². The second-order valence-electron chi connectivity index (χ2n) is 10.5. The summed E-state index contributed by atoms with van der Waals surface area (Å²) in [6.45, 7) is 6.32. The number of hydrogen-bond donors (Lipinski definition) is 2. The molecule has 3 aromatic heterocycles. The van der Waals surface area contributed by atoms with Crippen molar-refractivity contribution in [2.24, 2.45) is 7.05 Å². The third-order valence-electron chi connectivity index (χ3n) is 7.31. The van der Waals surface area contributed by atoms with Crippen LogP contribution in [0.5, 0.6) is 5.75 Å². The average molecular weight is 649 g/mol. The van der Waals surface area contributed by atoms with E-state index in [1.165, 1.54) is 16.8 Å². The smallest absolute Gasteiger partial charge is 0.277 e. The molecule has 5 rings (SSSR count). The van der Waals surface area contributed by atoms with Crippen LogP contribution in [-0.4, -0.2) is 50.6 Å². The minimum Gasteiger partial charge on any atom is -0.493 e. The Balaban J connectivity index is 1.44. The maximum Gasteiger partial charge on any atom is 0.277 e. The van der Waals surface area contributed by atoms with Crippen LogP contribution in [0.1, 0.15) is 44.9 Å². The van der Waals surface area contributed by atoms with E-state index in [1.54, 1.807) is 48.3 Å².